The third-order valence-corrected chi connectivity index (χ3v) is 4.12. The van der Waals surface area contributed by atoms with Gasteiger partial charge in [0, 0.05) is 11.7 Å². The maximum absolute atomic E-state index is 13.6. The van der Waals surface area contributed by atoms with Gasteiger partial charge in [-0.25, -0.2) is 9.37 Å². The molecule has 0 aromatic carbocycles. The standard InChI is InChI=1S/C13H16BF4NO2/c1-5-12(4)11(2,3)20-14(21-12)8-6-9(15)10(19-7-8)13(16,17)18/h6-7H,5H2,1-4H3. The van der Waals surface area contributed by atoms with Gasteiger partial charge in [-0.2, -0.15) is 13.2 Å². The second kappa shape index (κ2) is 4.95. The highest BCUT2D eigenvalue weighted by Crippen LogP contribution is 2.39. The maximum atomic E-state index is 13.6. The van der Waals surface area contributed by atoms with Crippen molar-refractivity contribution in [1.82, 2.24) is 4.98 Å². The largest absolute Gasteiger partial charge is 0.496 e. The molecule has 1 unspecified atom stereocenters. The Morgan fingerprint density at radius 2 is 1.86 bits per heavy atom. The molecular formula is C13H16BF4NO2. The fourth-order valence-electron chi connectivity index (χ4n) is 2.23. The molecule has 2 rings (SSSR count). The molecule has 1 fully saturated rings. The van der Waals surface area contributed by atoms with Crippen molar-refractivity contribution in [3.63, 3.8) is 0 Å². The van der Waals surface area contributed by atoms with E-state index in [4.69, 9.17) is 9.31 Å². The zero-order chi connectivity index (χ0) is 16.1. The zero-order valence-corrected chi connectivity index (χ0v) is 12.2. The molecule has 1 aromatic heterocycles. The molecule has 0 bridgehead atoms. The molecule has 2 heterocycles. The number of hydrogen-bond acceptors (Lipinski definition) is 3. The second-order valence-corrected chi connectivity index (χ2v) is 5.76. The monoisotopic (exact) mass is 305 g/mol. The highest BCUT2D eigenvalue weighted by molar-refractivity contribution is 6.62. The van der Waals surface area contributed by atoms with Crippen LogP contribution in [0, 0.1) is 5.82 Å². The third kappa shape index (κ3) is 2.79. The van der Waals surface area contributed by atoms with Crippen LogP contribution >= 0.6 is 0 Å². The van der Waals surface area contributed by atoms with E-state index in [-0.39, 0.29) is 5.46 Å². The molecule has 0 aliphatic carbocycles. The average molecular weight is 305 g/mol. The number of nitrogens with zero attached hydrogens (tertiary/aromatic N) is 1. The van der Waals surface area contributed by atoms with Crippen LogP contribution in [-0.4, -0.2) is 23.3 Å². The van der Waals surface area contributed by atoms with Gasteiger partial charge in [-0.1, -0.05) is 6.92 Å². The first-order chi connectivity index (χ1) is 9.50. The smallest absolute Gasteiger partial charge is 0.399 e. The SMILES string of the molecule is CCC1(C)OB(c2cnc(C(F)(F)F)c(F)c2)OC1(C)C. The molecule has 0 spiro atoms. The van der Waals surface area contributed by atoms with E-state index in [1.54, 1.807) is 0 Å². The normalized spacial score (nSPS) is 25.4. The van der Waals surface area contributed by atoms with Crippen LogP contribution in [0.15, 0.2) is 12.3 Å². The van der Waals surface area contributed by atoms with Crippen LogP contribution in [0.2, 0.25) is 0 Å². The molecule has 3 nitrogen and oxygen atoms in total. The van der Waals surface area contributed by atoms with E-state index in [0.717, 1.165) is 12.3 Å². The van der Waals surface area contributed by atoms with E-state index < -0.39 is 36.0 Å². The summed E-state index contributed by atoms with van der Waals surface area (Å²) in [6, 6.07) is 0.762. The summed E-state index contributed by atoms with van der Waals surface area (Å²) in [6.07, 6.45) is -3.24. The van der Waals surface area contributed by atoms with Crippen LogP contribution in [-0.2, 0) is 15.5 Å². The fraction of sp³-hybridized carbons (Fsp3) is 0.615. The van der Waals surface area contributed by atoms with Crippen molar-refractivity contribution in [3.8, 4) is 0 Å². The summed E-state index contributed by atoms with van der Waals surface area (Å²) in [6.45, 7) is 7.41. The maximum Gasteiger partial charge on any atom is 0.496 e. The summed E-state index contributed by atoms with van der Waals surface area (Å²) in [5.41, 5.74) is -2.67. The fourth-order valence-corrected chi connectivity index (χ4v) is 2.23. The van der Waals surface area contributed by atoms with Crippen molar-refractivity contribution in [2.75, 3.05) is 0 Å². The first-order valence-electron chi connectivity index (χ1n) is 6.58. The van der Waals surface area contributed by atoms with Gasteiger partial charge in [0.05, 0.1) is 11.2 Å². The Bertz CT molecular complexity index is 549. The quantitative estimate of drug-likeness (QED) is 0.622. The molecule has 21 heavy (non-hydrogen) atoms. The van der Waals surface area contributed by atoms with Crippen LogP contribution in [0.25, 0.3) is 0 Å². The van der Waals surface area contributed by atoms with E-state index >= 15 is 0 Å². The highest BCUT2D eigenvalue weighted by Gasteiger charge is 2.53. The lowest BCUT2D eigenvalue weighted by atomic mass is 9.80. The molecule has 0 saturated carbocycles. The summed E-state index contributed by atoms with van der Waals surface area (Å²) in [5, 5.41) is 0. The predicted octanol–water partition coefficient (Wildman–Crippen LogP) is 2.93. The summed E-state index contributed by atoms with van der Waals surface area (Å²) in [7, 11) is -0.936. The predicted molar refractivity (Wildman–Crippen MR) is 69.5 cm³/mol. The average Bonchev–Trinajstić information content (AvgIpc) is 2.59. The van der Waals surface area contributed by atoms with E-state index in [1.807, 2.05) is 27.7 Å². The van der Waals surface area contributed by atoms with Gasteiger partial charge in [-0.15, -0.1) is 0 Å². The Labute approximate surface area is 120 Å². The minimum atomic E-state index is -4.82. The lowest BCUT2D eigenvalue weighted by Gasteiger charge is -2.35. The van der Waals surface area contributed by atoms with Crippen molar-refractivity contribution < 1.29 is 26.9 Å². The van der Waals surface area contributed by atoms with Crippen LogP contribution in [0.5, 0.6) is 0 Å². The van der Waals surface area contributed by atoms with Gasteiger partial charge >= 0.3 is 13.3 Å². The highest BCUT2D eigenvalue weighted by atomic mass is 19.4. The summed E-state index contributed by atoms with van der Waals surface area (Å²) in [5.74, 6) is -1.44. The minimum Gasteiger partial charge on any atom is -0.399 e. The van der Waals surface area contributed by atoms with Gasteiger partial charge in [0.15, 0.2) is 11.5 Å². The number of alkyl halides is 3. The van der Waals surface area contributed by atoms with Crippen LogP contribution < -0.4 is 5.46 Å². The topological polar surface area (TPSA) is 31.4 Å². The number of pyridine rings is 1. The number of hydrogen-bond donors (Lipinski definition) is 0. The van der Waals surface area contributed by atoms with Gasteiger partial charge < -0.3 is 9.31 Å². The van der Waals surface area contributed by atoms with Gasteiger partial charge in [0.1, 0.15) is 0 Å². The third-order valence-electron chi connectivity index (χ3n) is 4.12. The lowest BCUT2D eigenvalue weighted by Crippen LogP contribution is -2.44. The minimum absolute atomic E-state index is 0.130. The second-order valence-electron chi connectivity index (χ2n) is 5.76. The summed E-state index contributed by atoms with van der Waals surface area (Å²) >= 11 is 0. The number of rotatable bonds is 2. The van der Waals surface area contributed by atoms with Crippen molar-refractivity contribution in [2.45, 2.75) is 51.5 Å². The van der Waals surface area contributed by atoms with E-state index in [9.17, 15) is 17.6 Å². The molecule has 1 atom stereocenters. The zero-order valence-electron chi connectivity index (χ0n) is 12.2. The molecule has 1 aromatic rings. The summed E-state index contributed by atoms with van der Waals surface area (Å²) < 4.78 is 62.5. The lowest BCUT2D eigenvalue weighted by molar-refractivity contribution is -0.143. The molecular weight excluding hydrogens is 289 g/mol. The molecule has 8 heteroatoms. The number of halogens is 4. The molecule has 1 saturated heterocycles. The van der Waals surface area contributed by atoms with Gasteiger partial charge in [0.25, 0.3) is 0 Å². The van der Waals surface area contributed by atoms with Gasteiger partial charge in [-0.3, -0.25) is 0 Å². The van der Waals surface area contributed by atoms with Crippen LogP contribution in [0.1, 0.15) is 39.8 Å². The molecule has 0 radical (unpaired) electrons. The van der Waals surface area contributed by atoms with Crippen LogP contribution in [0.4, 0.5) is 17.6 Å². The van der Waals surface area contributed by atoms with Crippen molar-refractivity contribution in [2.24, 2.45) is 0 Å². The Morgan fingerprint density at radius 1 is 1.24 bits per heavy atom. The first kappa shape index (κ1) is 16.2. The van der Waals surface area contributed by atoms with E-state index in [1.165, 1.54) is 0 Å². The van der Waals surface area contributed by atoms with E-state index in [2.05, 4.69) is 4.98 Å². The van der Waals surface area contributed by atoms with Crippen molar-refractivity contribution >= 4 is 12.6 Å². The van der Waals surface area contributed by atoms with Crippen LogP contribution in [0.3, 0.4) is 0 Å². The Kier molecular flexibility index (Phi) is 3.82. The Hall–Kier alpha value is -1.15. The molecule has 1 aliphatic heterocycles. The van der Waals surface area contributed by atoms with Gasteiger partial charge in [0.2, 0.25) is 0 Å². The molecule has 0 N–H and O–H groups in total. The Balaban J connectivity index is 2.31. The molecule has 1 aliphatic rings. The first-order valence-corrected chi connectivity index (χ1v) is 6.58. The van der Waals surface area contributed by atoms with E-state index in [0.29, 0.717) is 6.42 Å². The Morgan fingerprint density at radius 3 is 2.29 bits per heavy atom. The molecule has 0 amide bonds. The number of aromatic nitrogens is 1. The van der Waals surface area contributed by atoms with Gasteiger partial charge in [-0.05, 0) is 33.3 Å². The molecule has 116 valence electrons. The summed E-state index contributed by atoms with van der Waals surface area (Å²) in [4.78, 5) is 3.16. The van der Waals surface area contributed by atoms with Crippen molar-refractivity contribution in [3.05, 3.63) is 23.8 Å². The van der Waals surface area contributed by atoms with Crippen molar-refractivity contribution in [1.29, 1.82) is 0 Å².